The van der Waals surface area contributed by atoms with Gasteiger partial charge in [0.25, 0.3) is 11.7 Å². The minimum Gasteiger partial charge on any atom is -0.507 e. The number of rotatable bonds is 9. The molecule has 3 rings (SSSR count). The predicted molar refractivity (Wildman–Crippen MR) is 118 cm³/mol. The van der Waals surface area contributed by atoms with E-state index in [-0.39, 0.29) is 24.5 Å². The number of amides is 1. The first-order valence-electron chi connectivity index (χ1n) is 10.2. The Morgan fingerprint density at radius 1 is 1.03 bits per heavy atom. The fraction of sp³-hybridized carbons (Fsp3) is 0.333. The third kappa shape index (κ3) is 4.27. The summed E-state index contributed by atoms with van der Waals surface area (Å²) in [5.74, 6) is -0.311. The van der Waals surface area contributed by atoms with Gasteiger partial charge in [-0.1, -0.05) is 12.1 Å². The Morgan fingerprint density at radius 2 is 1.75 bits per heavy atom. The third-order valence-electron chi connectivity index (χ3n) is 5.24. The first-order chi connectivity index (χ1) is 15.5. The molecule has 2 aromatic rings. The van der Waals surface area contributed by atoms with Gasteiger partial charge in [0.2, 0.25) is 0 Å². The van der Waals surface area contributed by atoms with E-state index in [4.69, 9.17) is 18.9 Å². The summed E-state index contributed by atoms with van der Waals surface area (Å²) in [5.41, 5.74) is 0.890. The summed E-state index contributed by atoms with van der Waals surface area (Å²) in [6, 6.07) is 11.0. The zero-order valence-electron chi connectivity index (χ0n) is 18.6. The first-order valence-corrected chi connectivity index (χ1v) is 10.2. The molecule has 1 unspecified atom stereocenters. The lowest BCUT2D eigenvalue weighted by Gasteiger charge is -2.27. The number of hydrogen-bond donors (Lipinski definition) is 1. The van der Waals surface area contributed by atoms with E-state index in [2.05, 4.69) is 0 Å². The standard InChI is InChI=1S/C24H27NO7/c1-5-32-16-11-9-15(10-12-16)21(26)19-20(25(13-14-29-2)24(28)22(19)27)17-7-6-8-18(30-3)23(17)31-4/h6-12,20,26H,5,13-14H2,1-4H3/b21-19+. The number of aliphatic hydroxyl groups excluding tert-OH is 1. The zero-order chi connectivity index (χ0) is 23.3. The van der Waals surface area contributed by atoms with E-state index in [0.29, 0.717) is 35.0 Å². The van der Waals surface area contributed by atoms with Gasteiger partial charge in [-0.15, -0.1) is 0 Å². The summed E-state index contributed by atoms with van der Waals surface area (Å²) >= 11 is 0. The fourth-order valence-electron chi connectivity index (χ4n) is 3.78. The summed E-state index contributed by atoms with van der Waals surface area (Å²) < 4.78 is 21.5. The minimum atomic E-state index is -0.873. The molecule has 1 N–H and O–H groups in total. The maximum Gasteiger partial charge on any atom is 0.295 e. The molecule has 2 aromatic carbocycles. The van der Waals surface area contributed by atoms with Crippen molar-refractivity contribution in [3.8, 4) is 17.2 Å². The second-order valence-electron chi connectivity index (χ2n) is 7.03. The summed E-state index contributed by atoms with van der Waals surface area (Å²) in [6.45, 7) is 2.76. The van der Waals surface area contributed by atoms with Crippen LogP contribution >= 0.6 is 0 Å². The molecule has 1 atom stereocenters. The molecular formula is C24H27NO7. The second kappa shape index (κ2) is 10.2. The summed E-state index contributed by atoms with van der Waals surface area (Å²) in [4.78, 5) is 27.4. The van der Waals surface area contributed by atoms with Gasteiger partial charge in [-0.25, -0.2) is 0 Å². The van der Waals surface area contributed by atoms with Crippen LogP contribution in [0.15, 0.2) is 48.0 Å². The van der Waals surface area contributed by atoms with E-state index in [9.17, 15) is 14.7 Å². The molecule has 1 heterocycles. The maximum atomic E-state index is 13.1. The molecule has 170 valence electrons. The number of para-hydroxylation sites is 1. The predicted octanol–water partition coefficient (Wildman–Crippen LogP) is 3.17. The van der Waals surface area contributed by atoms with E-state index < -0.39 is 17.7 Å². The first kappa shape index (κ1) is 23.1. The molecule has 0 radical (unpaired) electrons. The molecule has 8 heteroatoms. The van der Waals surface area contributed by atoms with Gasteiger partial charge < -0.3 is 29.0 Å². The highest BCUT2D eigenvalue weighted by Crippen LogP contribution is 2.45. The molecule has 0 bridgehead atoms. The molecule has 32 heavy (non-hydrogen) atoms. The number of ketones is 1. The third-order valence-corrected chi connectivity index (χ3v) is 5.24. The number of Topliss-reactive ketones (excluding diaryl/α,β-unsaturated/α-hetero) is 1. The molecule has 1 aliphatic heterocycles. The fourth-order valence-corrected chi connectivity index (χ4v) is 3.78. The number of ether oxygens (including phenoxy) is 4. The van der Waals surface area contributed by atoms with Gasteiger partial charge in [-0.3, -0.25) is 9.59 Å². The Labute approximate surface area is 187 Å². The Hall–Kier alpha value is -3.52. The van der Waals surface area contributed by atoms with E-state index in [0.717, 1.165) is 0 Å². The van der Waals surface area contributed by atoms with Gasteiger partial charge in [-0.2, -0.15) is 0 Å². The van der Waals surface area contributed by atoms with Gasteiger partial charge >= 0.3 is 0 Å². The van der Waals surface area contributed by atoms with Crippen molar-refractivity contribution in [2.45, 2.75) is 13.0 Å². The average Bonchev–Trinajstić information content (AvgIpc) is 3.06. The van der Waals surface area contributed by atoms with E-state index in [1.54, 1.807) is 42.5 Å². The Kier molecular flexibility index (Phi) is 7.37. The van der Waals surface area contributed by atoms with Crippen LogP contribution in [-0.4, -0.2) is 62.8 Å². The highest BCUT2D eigenvalue weighted by molar-refractivity contribution is 6.46. The number of methoxy groups -OCH3 is 3. The molecule has 1 aliphatic rings. The molecular weight excluding hydrogens is 414 g/mol. The van der Waals surface area contributed by atoms with Crippen LogP contribution in [0.25, 0.3) is 5.76 Å². The van der Waals surface area contributed by atoms with Crippen LogP contribution in [0.4, 0.5) is 0 Å². The Morgan fingerprint density at radius 3 is 2.34 bits per heavy atom. The number of benzene rings is 2. The lowest BCUT2D eigenvalue weighted by molar-refractivity contribution is -0.140. The zero-order valence-corrected chi connectivity index (χ0v) is 18.6. The van der Waals surface area contributed by atoms with Crippen LogP contribution in [0.1, 0.15) is 24.1 Å². The topological polar surface area (TPSA) is 94.5 Å². The summed E-state index contributed by atoms with van der Waals surface area (Å²) in [6.07, 6.45) is 0. The van der Waals surface area contributed by atoms with Crippen molar-refractivity contribution in [1.29, 1.82) is 0 Å². The smallest absolute Gasteiger partial charge is 0.295 e. The molecule has 0 aliphatic carbocycles. The van der Waals surface area contributed by atoms with Gasteiger partial charge in [-0.05, 0) is 37.3 Å². The van der Waals surface area contributed by atoms with Gasteiger partial charge in [0.05, 0.1) is 39.0 Å². The van der Waals surface area contributed by atoms with E-state index in [1.165, 1.54) is 26.2 Å². The quantitative estimate of drug-likeness (QED) is 0.363. The summed E-state index contributed by atoms with van der Waals surface area (Å²) in [5, 5.41) is 11.1. The lowest BCUT2D eigenvalue weighted by atomic mass is 9.94. The highest BCUT2D eigenvalue weighted by atomic mass is 16.5. The molecule has 0 spiro atoms. The number of hydrogen-bond acceptors (Lipinski definition) is 7. The second-order valence-corrected chi connectivity index (χ2v) is 7.03. The van der Waals surface area contributed by atoms with Crippen LogP contribution < -0.4 is 14.2 Å². The van der Waals surface area contributed by atoms with Crippen LogP contribution in [-0.2, 0) is 14.3 Å². The molecule has 0 saturated carbocycles. The minimum absolute atomic E-state index is 0.0261. The average molecular weight is 441 g/mol. The van der Waals surface area contributed by atoms with Crippen molar-refractivity contribution >= 4 is 17.4 Å². The van der Waals surface area contributed by atoms with Crippen molar-refractivity contribution in [2.75, 3.05) is 41.1 Å². The van der Waals surface area contributed by atoms with Crippen molar-refractivity contribution in [2.24, 2.45) is 0 Å². The number of carbonyl (C=O) groups excluding carboxylic acids is 2. The number of likely N-dealkylation sites (tertiary alicyclic amines) is 1. The van der Waals surface area contributed by atoms with Crippen molar-refractivity contribution < 1.29 is 33.6 Å². The maximum absolute atomic E-state index is 13.1. The Bertz CT molecular complexity index is 1010. The van der Waals surface area contributed by atoms with Crippen LogP contribution in [0.5, 0.6) is 17.2 Å². The highest BCUT2D eigenvalue weighted by Gasteiger charge is 2.47. The molecule has 1 amide bonds. The summed E-state index contributed by atoms with van der Waals surface area (Å²) in [7, 11) is 4.50. The molecule has 1 fully saturated rings. The molecule has 0 aromatic heterocycles. The van der Waals surface area contributed by atoms with Gasteiger partial charge in [0.15, 0.2) is 11.5 Å². The van der Waals surface area contributed by atoms with E-state index >= 15 is 0 Å². The monoisotopic (exact) mass is 441 g/mol. The number of aliphatic hydroxyl groups is 1. The number of carbonyl (C=O) groups is 2. The van der Waals surface area contributed by atoms with Crippen molar-refractivity contribution in [1.82, 2.24) is 4.90 Å². The largest absolute Gasteiger partial charge is 0.507 e. The van der Waals surface area contributed by atoms with Gasteiger partial charge in [0.1, 0.15) is 11.5 Å². The van der Waals surface area contributed by atoms with Gasteiger partial charge in [0, 0.05) is 24.8 Å². The molecule has 8 nitrogen and oxygen atoms in total. The number of nitrogens with zero attached hydrogens (tertiary/aromatic N) is 1. The van der Waals surface area contributed by atoms with Crippen LogP contribution in [0.2, 0.25) is 0 Å². The Balaban J connectivity index is 2.19. The van der Waals surface area contributed by atoms with Crippen molar-refractivity contribution in [3.63, 3.8) is 0 Å². The normalized spacial score (nSPS) is 17.5. The SMILES string of the molecule is CCOc1ccc(/C(O)=C2\C(=O)C(=O)N(CCOC)C2c2cccc(OC)c2OC)cc1. The van der Waals surface area contributed by atoms with Crippen molar-refractivity contribution in [3.05, 3.63) is 59.2 Å². The van der Waals surface area contributed by atoms with Crippen LogP contribution in [0.3, 0.4) is 0 Å². The lowest BCUT2D eigenvalue weighted by Crippen LogP contribution is -2.32. The van der Waals surface area contributed by atoms with Crippen LogP contribution in [0, 0.1) is 0 Å². The van der Waals surface area contributed by atoms with E-state index in [1.807, 2.05) is 6.92 Å². The molecule has 1 saturated heterocycles.